The molecule has 2 saturated carbocycles. The molecule has 0 radical (unpaired) electrons. The average molecular weight is 493 g/mol. The maximum Gasteiger partial charge on any atom is 0.407 e. The summed E-state index contributed by atoms with van der Waals surface area (Å²) in [6.45, 7) is 5.44. The number of nitrogens with zero attached hydrogens (tertiary/aromatic N) is 4. The van der Waals surface area contributed by atoms with E-state index in [1.807, 2.05) is 12.1 Å². The Labute approximate surface area is 203 Å². The summed E-state index contributed by atoms with van der Waals surface area (Å²) in [5, 5.41) is 18.8. The molecule has 2 aliphatic rings. The number of aromatic nitrogens is 4. The third-order valence-electron chi connectivity index (χ3n) is 6.79. The lowest BCUT2D eigenvalue weighted by Crippen LogP contribution is -2.58. The molecule has 35 heavy (non-hydrogen) atoms. The van der Waals surface area contributed by atoms with Crippen molar-refractivity contribution in [2.24, 2.45) is 5.41 Å². The Balaban J connectivity index is 1.48. The molecule has 0 saturated heterocycles. The summed E-state index contributed by atoms with van der Waals surface area (Å²) in [6.07, 6.45) is 3.00. The summed E-state index contributed by atoms with van der Waals surface area (Å²) in [6, 6.07) is 7.14. The number of carbonyl (C=O) groups is 1. The first kappa shape index (κ1) is 25.3. The zero-order valence-corrected chi connectivity index (χ0v) is 20.5. The molecule has 4 rings (SSSR count). The van der Waals surface area contributed by atoms with Gasteiger partial charge in [-0.15, -0.1) is 5.10 Å². The Morgan fingerprint density at radius 3 is 2.54 bits per heavy atom. The number of hydrogen-bond acceptors (Lipinski definition) is 7. The molecule has 2 N–H and O–H groups in total. The van der Waals surface area contributed by atoms with Crippen LogP contribution in [0.2, 0.25) is 0 Å². The predicted molar refractivity (Wildman–Crippen MR) is 124 cm³/mol. The van der Waals surface area contributed by atoms with Gasteiger partial charge in [-0.2, -0.15) is 0 Å². The third-order valence-corrected chi connectivity index (χ3v) is 6.79. The highest BCUT2D eigenvalue weighted by molar-refractivity contribution is 5.67. The van der Waals surface area contributed by atoms with E-state index in [4.69, 9.17) is 9.47 Å². The summed E-state index contributed by atoms with van der Waals surface area (Å²) < 4.78 is 37.1. The van der Waals surface area contributed by atoms with Gasteiger partial charge in [-0.05, 0) is 80.0 Å². The maximum absolute atomic E-state index is 12.5. The molecule has 2 fully saturated rings. The predicted octanol–water partition coefficient (Wildman–Crippen LogP) is 3.85. The number of alkyl carbamates (subject to hydrolysis) is 1. The van der Waals surface area contributed by atoms with Crippen molar-refractivity contribution in [2.75, 3.05) is 13.2 Å². The van der Waals surface area contributed by atoms with Crippen LogP contribution in [0.25, 0.3) is 0 Å². The van der Waals surface area contributed by atoms with Crippen molar-refractivity contribution in [1.82, 2.24) is 30.8 Å². The molecule has 1 amide bonds. The van der Waals surface area contributed by atoms with Crippen LogP contribution in [-0.2, 0) is 11.3 Å². The van der Waals surface area contributed by atoms with Crippen molar-refractivity contribution >= 4 is 6.09 Å². The third kappa shape index (κ3) is 6.25. The fourth-order valence-electron chi connectivity index (χ4n) is 4.78. The van der Waals surface area contributed by atoms with Crippen molar-refractivity contribution in [2.45, 2.75) is 83.5 Å². The number of nitrogens with one attached hydrogen (secondary N) is 2. The molecule has 0 bridgehead atoms. The minimum atomic E-state index is -2.53. The first-order chi connectivity index (χ1) is 16.7. The number of amides is 1. The van der Waals surface area contributed by atoms with E-state index in [0.29, 0.717) is 36.1 Å². The summed E-state index contributed by atoms with van der Waals surface area (Å²) in [5.41, 5.74) is 0.687. The number of tetrazole rings is 1. The zero-order chi connectivity index (χ0) is 25.1. The second kappa shape index (κ2) is 10.4. The molecule has 1 aromatic heterocycles. The molecule has 1 aromatic carbocycles. The average Bonchev–Trinajstić information content (AvgIpc) is 3.18. The molecule has 192 valence electrons. The number of rotatable bonds is 10. The molecule has 2 aliphatic carbocycles. The van der Waals surface area contributed by atoms with Crippen LogP contribution in [0, 0.1) is 5.41 Å². The molecule has 1 spiro atoms. The second-order valence-electron chi connectivity index (χ2n) is 10.4. The Morgan fingerprint density at radius 1 is 1.23 bits per heavy atom. The molecule has 11 heteroatoms. The van der Waals surface area contributed by atoms with Crippen LogP contribution in [0.3, 0.4) is 0 Å². The van der Waals surface area contributed by atoms with Gasteiger partial charge >= 0.3 is 6.09 Å². The van der Waals surface area contributed by atoms with E-state index in [9.17, 15) is 13.6 Å². The normalized spacial score (nSPS) is 19.7. The van der Waals surface area contributed by atoms with Gasteiger partial charge in [0.05, 0.1) is 12.6 Å². The van der Waals surface area contributed by atoms with E-state index in [1.54, 1.807) is 37.6 Å². The fourth-order valence-corrected chi connectivity index (χ4v) is 4.78. The Morgan fingerprint density at radius 2 is 1.97 bits per heavy atom. The number of hydrogen-bond donors (Lipinski definition) is 2. The monoisotopic (exact) mass is 492 g/mol. The minimum Gasteiger partial charge on any atom is -0.488 e. The van der Waals surface area contributed by atoms with E-state index < -0.39 is 24.7 Å². The quantitative estimate of drug-likeness (QED) is 0.519. The van der Waals surface area contributed by atoms with Gasteiger partial charge in [0.2, 0.25) is 0 Å². The van der Waals surface area contributed by atoms with Crippen molar-refractivity contribution in [1.29, 1.82) is 0 Å². The summed E-state index contributed by atoms with van der Waals surface area (Å²) in [4.78, 5) is 12.0. The number of carbonyl (C=O) groups excluding carboxylic acids is 1. The lowest BCUT2D eigenvalue weighted by Gasteiger charge is -2.57. The molecule has 9 nitrogen and oxygen atoms in total. The molecular formula is C24H34F2N6O3. The molecule has 2 aromatic rings. The van der Waals surface area contributed by atoms with Gasteiger partial charge in [-0.25, -0.2) is 18.3 Å². The lowest BCUT2D eigenvalue weighted by molar-refractivity contribution is -0.0215. The standard InChI is InChI=1S/C24H34F2N6O3/c1-23(2,3)35-22(33)27-13-14-32-21(29-30-31-32)20(28-18-9-12-24(18)10-4-11-24)16-5-7-17(8-6-16)34-15-19(25)26/h5-8,18-20,28H,4,9-15H2,1-3H3,(H,27,33). The number of halogens is 2. The highest BCUT2D eigenvalue weighted by atomic mass is 19.3. The van der Waals surface area contributed by atoms with Crippen LogP contribution in [0.5, 0.6) is 5.75 Å². The fraction of sp³-hybridized carbons (Fsp3) is 0.667. The van der Waals surface area contributed by atoms with Crippen LogP contribution < -0.4 is 15.4 Å². The first-order valence-corrected chi connectivity index (χ1v) is 12.2. The van der Waals surface area contributed by atoms with Crippen LogP contribution in [0.1, 0.15) is 70.3 Å². The van der Waals surface area contributed by atoms with Gasteiger partial charge in [0.15, 0.2) is 5.82 Å². The summed E-state index contributed by atoms with van der Waals surface area (Å²) >= 11 is 0. The van der Waals surface area contributed by atoms with Gasteiger partial charge in [0.1, 0.15) is 18.0 Å². The van der Waals surface area contributed by atoms with Gasteiger partial charge < -0.3 is 20.1 Å². The SMILES string of the molecule is CC(C)(C)OC(=O)NCCn1nnnc1C(NC1CCC12CCC2)c1ccc(OCC(F)F)cc1. The highest BCUT2D eigenvalue weighted by Gasteiger charge is 2.51. The van der Waals surface area contributed by atoms with Crippen LogP contribution in [0.4, 0.5) is 13.6 Å². The first-order valence-electron chi connectivity index (χ1n) is 12.2. The van der Waals surface area contributed by atoms with Gasteiger partial charge in [-0.3, -0.25) is 0 Å². The molecular weight excluding hydrogens is 458 g/mol. The summed E-state index contributed by atoms with van der Waals surface area (Å²) in [7, 11) is 0. The van der Waals surface area contributed by atoms with Crippen molar-refractivity contribution in [3.8, 4) is 5.75 Å². The topological polar surface area (TPSA) is 103 Å². The van der Waals surface area contributed by atoms with Crippen molar-refractivity contribution in [3.05, 3.63) is 35.7 Å². The number of benzene rings is 1. The lowest BCUT2D eigenvalue weighted by atomic mass is 9.53. The van der Waals surface area contributed by atoms with Gasteiger partial charge in [0.25, 0.3) is 6.43 Å². The van der Waals surface area contributed by atoms with E-state index in [-0.39, 0.29) is 6.04 Å². The molecule has 2 unspecified atom stereocenters. The van der Waals surface area contributed by atoms with E-state index in [1.165, 1.54) is 25.7 Å². The van der Waals surface area contributed by atoms with Crippen LogP contribution in [-0.4, -0.2) is 57.5 Å². The second-order valence-corrected chi connectivity index (χ2v) is 10.4. The van der Waals surface area contributed by atoms with E-state index in [2.05, 4.69) is 26.2 Å². The summed E-state index contributed by atoms with van der Waals surface area (Å²) in [5.74, 6) is 1.01. The smallest absolute Gasteiger partial charge is 0.407 e. The number of alkyl halides is 2. The van der Waals surface area contributed by atoms with Crippen LogP contribution in [0.15, 0.2) is 24.3 Å². The Kier molecular flexibility index (Phi) is 7.53. The zero-order valence-electron chi connectivity index (χ0n) is 20.5. The molecule has 2 atom stereocenters. The van der Waals surface area contributed by atoms with Crippen molar-refractivity contribution in [3.63, 3.8) is 0 Å². The van der Waals surface area contributed by atoms with E-state index in [0.717, 1.165) is 12.0 Å². The number of ether oxygens (including phenoxy) is 2. The Hall–Kier alpha value is -2.82. The highest BCUT2D eigenvalue weighted by Crippen LogP contribution is 2.56. The van der Waals surface area contributed by atoms with Crippen LogP contribution >= 0.6 is 0 Å². The van der Waals surface area contributed by atoms with E-state index >= 15 is 0 Å². The van der Waals surface area contributed by atoms with Gasteiger partial charge in [-0.1, -0.05) is 18.6 Å². The maximum atomic E-state index is 12.5. The molecule has 1 heterocycles. The minimum absolute atomic E-state index is 0.293. The van der Waals surface area contributed by atoms with Gasteiger partial charge in [0, 0.05) is 12.6 Å². The Bertz CT molecular complexity index is 982. The van der Waals surface area contributed by atoms with Crippen molar-refractivity contribution < 1.29 is 23.0 Å². The molecule has 0 aliphatic heterocycles. The largest absolute Gasteiger partial charge is 0.488 e.